The second-order valence-corrected chi connectivity index (χ2v) is 4.51. The third-order valence-corrected chi connectivity index (χ3v) is 3.07. The molecule has 0 amide bonds. The molecule has 0 saturated carbocycles. The van der Waals surface area contributed by atoms with Crippen LogP contribution in [0.1, 0.15) is 30.3 Å². The molecule has 0 fully saturated rings. The first-order valence-electron chi connectivity index (χ1n) is 6.38. The van der Waals surface area contributed by atoms with Gasteiger partial charge < -0.3 is 9.88 Å². The lowest BCUT2D eigenvalue weighted by Gasteiger charge is -2.08. The van der Waals surface area contributed by atoms with Gasteiger partial charge in [0.15, 0.2) is 0 Å². The molecule has 96 valence electrons. The van der Waals surface area contributed by atoms with Crippen LogP contribution < -0.4 is 5.32 Å². The lowest BCUT2D eigenvalue weighted by atomic mass is 10.2. The fraction of sp³-hybridized carbons (Fsp3) is 0.429. The molecule has 1 N–H and O–H groups in total. The fourth-order valence-corrected chi connectivity index (χ4v) is 1.87. The van der Waals surface area contributed by atoms with E-state index in [1.165, 1.54) is 5.56 Å². The molecule has 0 unspecified atom stereocenters. The largest absolute Gasteiger partial charge is 0.313 e. The Bertz CT molecular complexity index is 516. The number of pyridine rings is 1. The van der Waals surface area contributed by atoms with Crippen LogP contribution in [0.3, 0.4) is 0 Å². The summed E-state index contributed by atoms with van der Waals surface area (Å²) in [7, 11) is 0. The van der Waals surface area contributed by atoms with Gasteiger partial charge in [-0.15, -0.1) is 0 Å². The highest BCUT2D eigenvalue weighted by Crippen LogP contribution is 2.13. The Hall–Kier alpha value is -1.68. The van der Waals surface area contributed by atoms with Crippen molar-refractivity contribution in [3.63, 3.8) is 0 Å². The molecular weight excluding hydrogens is 224 g/mol. The molecule has 2 heterocycles. The Balaban J connectivity index is 2.19. The minimum Gasteiger partial charge on any atom is -0.313 e. The summed E-state index contributed by atoms with van der Waals surface area (Å²) in [6.45, 7) is 8.16. The van der Waals surface area contributed by atoms with Crippen molar-refractivity contribution >= 4 is 0 Å². The second-order valence-electron chi connectivity index (χ2n) is 4.51. The second kappa shape index (κ2) is 5.78. The van der Waals surface area contributed by atoms with Crippen molar-refractivity contribution in [2.75, 3.05) is 6.54 Å². The summed E-state index contributed by atoms with van der Waals surface area (Å²) in [5.41, 5.74) is 4.50. The first-order chi connectivity index (χ1) is 8.72. The normalized spacial score (nSPS) is 10.8. The van der Waals surface area contributed by atoms with Crippen LogP contribution in [0.25, 0.3) is 5.69 Å². The number of aromatic nitrogens is 3. The zero-order chi connectivity index (χ0) is 13.0. The first-order valence-corrected chi connectivity index (χ1v) is 6.38. The van der Waals surface area contributed by atoms with E-state index in [1.807, 2.05) is 25.6 Å². The van der Waals surface area contributed by atoms with Gasteiger partial charge in [0.05, 0.1) is 23.9 Å². The van der Waals surface area contributed by atoms with Gasteiger partial charge in [-0.25, -0.2) is 4.98 Å². The Morgan fingerprint density at radius 1 is 1.28 bits per heavy atom. The zero-order valence-electron chi connectivity index (χ0n) is 11.3. The predicted octanol–water partition coefficient (Wildman–Crippen LogP) is 2.38. The highest BCUT2D eigenvalue weighted by atomic mass is 15.1. The van der Waals surface area contributed by atoms with Crippen LogP contribution in [0, 0.1) is 13.8 Å². The van der Waals surface area contributed by atoms with Gasteiger partial charge in [0.1, 0.15) is 0 Å². The molecule has 2 rings (SSSR count). The zero-order valence-corrected chi connectivity index (χ0v) is 11.3. The van der Waals surface area contributed by atoms with E-state index in [0.717, 1.165) is 36.6 Å². The number of nitrogens with zero attached hydrogens (tertiary/aromatic N) is 3. The number of nitrogens with one attached hydrogen (secondary N) is 1. The summed E-state index contributed by atoms with van der Waals surface area (Å²) in [5, 5.41) is 3.38. The molecule has 18 heavy (non-hydrogen) atoms. The smallest absolute Gasteiger partial charge is 0.0997 e. The maximum absolute atomic E-state index is 4.32. The molecule has 0 bridgehead atoms. The Labute approximate surface area is 108 Å². The Morgan fingerprint density at radius 2 is 2.11 bits per heavy atom. The molecule has 0 spiro atoms. The van der Waals surface area contributed by atoms with Crippen LogP contribution in [-0.4, -0.2) is 21.1 Å². The Morgan fingerprint density at radius 3 is 2.78 bits per heavy atom. The van der Waals surface area contributed by atoms with E-state index in [-0.39, 0.29) is 0 Å². The molecule has 0 radical (unpaired) electrons. The molecule has 4 nitrogen and oxygen atoms in total. The fourth-order valence-electron chi connectivity index (χ4n) is 1.87. The number of hydrogen-bond donors (Lipinski definition) is 1. The third kappa shape index (κ3) is 2.76. The summed E-state index contributed by atoms with van der Waals surface area (Å²) in [6.07, 6.45) is 6.78. The van der Waals surface area contributed by atoms with E-state index in [1.54, 1.807) is 0 Å². The maximum Gasteiger partial charge on any atom is 0.0997 e. The van der Waals surface area contributed by atoms with E-state index in [0.29, 0.717) is 0 Å². The Kier molecular flexibility index (Phi) is 4.10. The predicted molar refractivity (Wildman–Crippen MR) is 72.8 cm³/mol. The quantitative estimate of drug-likeness (QED) is 0.821. The molecule has 2 aromatic heterocycles. The van der Waals surface area contributed by atoms with Gasteiger partial charge in [-0.05, 0) is 38.4 Å². The van der Waals surface area contributed by atoms with Crippen molar-refractivity contribution in [3.8, 4) is 5.69 Å². The molecule has 0 aliphatic carbocycles. The summed E-state index contributed by atoms with van der Waals surface area (Å²) >= 11 is 0. The molecule has 0 aliphatic heterocycles. The minimum absolute atomic E-state index is 0.863. The third-order valence-electron chi connectivity index (χ3n) is 3.07. The highest BCUT2D eigenvalue weighted by molar-refractivity contribution is 5.35. The number of rotatable bonds is 5. The highest BCUT2D eigenvalue weighted by Gasteiger charge is 2.05. The van der Waals surface area contributed by atoms with E-state index < -0.39 is 0 Å². The summed E-state index contributed by atoms with van der Waals surface area (Å²) in [4.78, 5) is 8.62. The average Bonchev–Trinajstić information content (AvgIpc) is 2.71. The number of imidazole rings is 1. The van der Waals surface area contributed by atoms with E-state index in [9.17, 15) is 0 Å². The molecule has 0 atom stereocenters. The summed E-state index contributed by atoms with van der Waals surface area (Å²) in [5.74, 6) is 0. The van der Waals surface area contributed by atoms with Gasteiger partial charge in [-0.2, -0.15) is 0 Å². The standard InChI is InChI=1S/C14H20N4/c1-4-5-15-7-13-6-14(9-16-8-13)18-10-17-11(2)12(18)3/h6,8-10,15H,4-5,7H2,1-3H3. The average molecular weight is 244 g/mol. The monoisotopic (exact) mass is 244 g/mol. The van der Waals surface area contributed by atoms with Crippen LogP contribution in [0.15, 0.2) is 24.8 Å². The van der Waals surface area contributed by atoms with Gasteiger partial charge in [0.25, 0.3) is 0 Å². The molecule has 0 aromatic carbocycles. The molecule has 0 saturated heterocycles. The van der Waals surface area contributed by atoms with Crippen LogP contribution >= 0.6 is 0 Å². The molecular formula is C14H20N4. The van der Waals surface area contributed by atoms with E-state index in [4.69, 9.17) is 0 Å². The summed E-state index contributed by atoms with van der Waals surface area (Å²) in [6, 6.07) is 2.16. The van der Waals surface area contributed by atoms with E-state index in [2.05, 4.69) is 39.8 Å². The maximum atomic E-state index is 4.32. The van der Waals surface area contributed by atoms with Crippen molar-refractivity contribution in [1.29, 1.82) is 0 Å². The van der Waals surface area contributed by atoms with Crippen LogP contribution in [0.5, 0.6) is 0 Å². The molecule has 0 aliphatic rings. The van der Waals surface area contributed by atoms with Gasteiger partial charge >= 0.3 is 0 Å². The van der Waals surface area contributed by atoms with Crippen molar-refractivity contribution in [1.82, 2.24) is 19.9 Å². The number of hydrogen-bond acceptors (Lipinski definition) is 3. The van der Waals surface area contributed by atoms with Gasteiger partial charge in [-0.3, -0.25) is 4.98 Å². The lowest BCUT2D eigenvalue weighted by Crippen LogP contribution is -2.14. The summed E-state index contributed by atoms with van der Waals surface area (Å²) < 4.78 is 2.08. The van der Waals surface area contributed by atoms with Crippen molar-refractivity contribution < 1.29 is 0 Å². The van der Waals surface area contributed by atoms with Gasteiger partial charge in [0, 0.05) is 18.4 Å². The minimum atomic E-state index is 0.863. The molecule has 2 aromatic rings. The van der Waals surface area contributed by atoms with Gasteiger partial charge in [-0.1, -0.05) is 6.92 Å². The SMILES string of the molecule is CCCNCc1cncc(-n2cnc(C)c2C)c1. The van der Waals surface area contributed by atoms with Crippen molar-refractivity contribution in [2.24, 2.45) is 0 Å². The van der Waals surface area contributed by atoms with Crippen LogP contribution in [0.4, 0.5) is 0 Å². The first kappa shape index (κ1) is 12.8. The van der Waals surface area contributed by atoms with Crippen LogP contribution in [0.2, 0.25) is 0 Å². The molecule has 4 heteroatoms. The lowest BCUT2D eigenvalue weighted by molar-refractivity contribution is 0.673. The van der Waals surface area contributed by atoms with Crippen molar-refractivity contribution in [3.05, 3.63) is 41.7 Å². The van der Waals surface area contributed by atoms with E-state index >= 15 is 0 Å². The van der Waals surface area contributed by atoms with Crippen molar-refractivity contribution in [2.45, 2.75) is 33.7 Å². The number of aryl methyl sites for hydroxylation is 1. The topological polar surface area (TPSA) is 42.7 Å². The van der Waals surface area contributed by atoms with Gasteiger partial charge in [0.2, 0.25) is 0 Å². The van der Waals surface area contributed by atoms with Crippen LogP contribution in [-0.2, 0) is 6.54 Å².